The van der Waals surface area contributed by atoms with E-state index in [1.807, 2.05) is 6.92 Å². The molecule has 8 nitrogen and oxygen atoms in total. The molecular weight excluding hydrogens is 360 g/mol. The highest BCUT2D eigenvalue weighted by Gasteiger charge is 2.29. The Morgan fingerprint density at radius 3 is 2.54 bits per heavy atom. The number of amides is 1. The summed E-state index contributed by atoms with van der Waals surface area (Å²) in [6.07, 6.45) is 0.511. The lowest BCUT2D eigenvalue weighted by Gasteiger charge is -2.27. The SMILES string of the molecule is CCc1ccc(C(=O)NCC(C)C(=O)O)cc1S(=O)(=O)N1CCOCC1. The molecule has 1 aromatic rings. The van der Waals surface area contributed by atoms with E-state index < -0.39 is 27.8 Å². The van der Waals surface area contributed by atoms with Crippen molar-refractivity contribution in [2.24, 2.45) is 5.92 Å². The third-order valence-electron chi connectivity index (χ3n) is 4.29. The first-order chi connectivity index (χ1) is 12.3. The summed E-state index contributed by atoms with van der Waals surface area (Å²) in [5.41, 5.74) is 0.818. The first-order valence-electron chi connectivity index (χ1n) is 8.49. The number of carboxylic acids is 1. The number of benzene rings is 1. The standard InChI is InChI=1S/C17H24N2O6S/c1-3-13-4-5-14(16(20)18-11-12(2)17(21)22)10-15(13)26(23,24)19-6-8-25-9-7-19/h4-5,10,12H,3,6-9,11H2,1-2H3,(H,18,20)(H,21,22). The summed E-state index contributed by atoms with van der Waals surface area (Å²) in [4.78, 5) is 23.3. The first kappa shape index (κ1) is 20.3. The smallest absolute Gasteiger partial charge is 0.308 e. The second kappa shape index (κ2) is 8.61. The van der Waals surface area contributed by atoms with Crippen LogP contribution in [0, 0.1) is 5.92 Å². The van der Waals surface area contributed by atoms with Gasteiger partial charge < -0.3 is 15.2 Å². The Bertz CT molecular complexity index is 771. The van der Waals surface area contributed by atoms with Crippen molar-refractivity contribution in [1.29, 1.82) is 0 Å². The zero-order valence-electron chi connectivity index (χ0n) is 14.9. The van der Waals surface area contributed by atoms with Crippen LogP contribution in [0.3, 0.4) is 0 Å². The lowest BCUT2D eigenvalue weighted by molar-refractivity contribution is -0.140. The highest BCUT2D eigenvalue weighted by Crippen LogP contribution is 2.23. The molecule has 26 heavy (non-hydrogen) atoms. The fourth-order valence-electron chi connectivity index (χ4n) is 2.59. The minimum Gasteiger partial charge on any atom is -0.481 e. The second-order valence-electron chi connectivity index (χ2n) is 6.14. The number of morpholine rings is 1. The molecule has 0 aliphatic carbocycles. The Morgan fingerprint density at radius 2 is 1.96 bits per heavy atom. The van der Waals surface area contributed by atoms with Crippen molar-refractivity contribution in [2.45, 2.75) is 25.2 Å². The number of rotatable bonds is 7. The molecule has 144 valence electrons. The zero-order chi connectivity index (χ0) is 19.3. The molecule has 1 unspecified atom stereocenters. The maximum atomic E-state index is 13.0. The fourth-order valence-corrected chi connectivity index (χ4v) is 4.32. The van der Waals surface area contributed by atoms with Crippen LogP contribution in [-0.2, 0) is 26.0 Å². The van der Waals surface area contributed by atoms with E-state index in [0.717, 1.165) is 0 Å². The molecule has 1 atom stereocenters. The number of nitrogens with zero attached hydrogens (tertiary/aromatic N) is 1. The first-order valence-corrected chi connectivity index (χ1v) is 9.93. The summed E-state index contributed by atoms with van der Waals surface area (Å²) in [7, 11) is -3.73. The van der Waals surface area contributed by atoms with E-state index in [1.165, 1.54) is 17.3 Å². The quantitative estimate of drug-likeness (QED) is 0.716. The van der Waals surface area contributed by atoms with Crippen LogP contribution < -0.4 is 5.32 Å². The maximum Gasteiger partial charge on any atom is 0.308 e. The van der Waals surface area contributed by atoms with Gasteiger partial charge in [0.25, 0.3) is 5.91 Å². The predicted molar refractivity (Wildman–Crippen MR) is 94.5 cm³/mol. The molecule has 0 aromatic heterocycles. The summed E-state index contributed by atoms with van der Waals surface area (Å²) < 4.78 is 32.5. The van der Waals surface area contributed by atoms with Gasteiger partial charge in [-0.3, -0.25) is 9.59 Å². The molecule has 1 aromatic carbocycles. The van der Waals surface area contributed by atoms with Gasteiger partial charge in [-0.2, -0.15) is 4.31 Å². The van der Waals surface area contributed by atoms with Crippen molar-refractivity contribution in [3.8, 4) is 0 Å². The third-order valence-corrected chi connectivity index (χ3v) is 6.27. The Balaban J connectivity index is 2.27. The van der Waals surface area contributed by atoms with Crippen LogP contribution in [0.2, 0.25) is 0 Å². The Morgan fingerprint density at radius 1 is 1.31 bits per heavy atom. The van der Waals surface area contributed by atoms with Gasteiger partial charge in [0.1, 0.15) is 0 Å². The summed E-state index contributed by atoms with van der Waals surface area (Å²) in [5.74, 6) is -2.24. The van der Waals surface area contributed by atoms with Gasteiger partial charge in [0.05, 0.1) is 24.0 Å². The Kier molecular flexibility index (Phi) is 6.74. The van der Waals surface area contributed by atoms with Gasteiger partial charge >= 0.3 is 5.97 Å². The largest absolute Gasteiger partial charge is 0.481 e. The number of hydrogen-bond donors (Lipinski definition) is 2. The molecular formula is C17H24N2O6S. The van der Waals surface area contributed by atoms with Crippen molar-refractivity contribution in [3.05, 3.63) is 29.3 Å². The van der Waals surface area contributed by atoms with Gasteiger partial charge in [0.2, 0.25) is 10.0 Å². The molecule has 0 saturated carbocycles. The maximum absolute atomic E-state index is 13.0. The lowest BCUT2D eigenvalue weighted by Crippen LogP contribution is -2.41. The number of sulfonamides is 1. The number of carboxylic acid groups (broad SMARTS) is 1. The van der Waals surface area contributed by atoms with Crippen LogP contribution in [0.1, 0.15) is 29.8 Å². The molecule has 1 aliphatic heterocycles. The molecule has 9 heteroatoms. The van der Waals surface area contributed by atoms with Gasteiger partial charge in [0, 0.05) is 25.2 Å². The van der Waals surface area contributed by atoms with Crippen molar-refractivity contribution in [3.63, 3.8) is 0 Å². The number of nitrogens with one attached hydrogen (secondary N) is 1. The molecule has 1 fully saturated rings. The van der Waals surface area contributed by atoms with Crippen LogP contribution in [0.25, 0.3) is 0 Å². The van der Waals surface area contributed by atoms with Crippen molar-refractivity contribution in [2.75, 3.05) is 32.8 Å². The van der Waals surface area contributed by atoms with E-state index in [4.69, 9.17) is 9.84 Å². The molecule has 2 rings (SSSR count). The van der Waals surface area contributed by atoms with Crippen molar-refractivity contribution >= 4 is 21.9 Å². The van der Waals surface area contributed by atoms with Gasteiger partial charge in [-0.05, 0) is 24.1 Å². The van der Waals surface area contributed by atoms with E-state index in [-0.39, 0.29) is 30.1 Å². The minimum absolute atomic E-state index is 0.0325. The number of aliphatic carboxylic acids is 1. The average molecular weight is 384 g/mol. The highest BCUT2D eigenvalue weighted by molar-refractivity contribution is 7.89. The van der Waals surface area contributed by atoms with Gasteiger partial charge in [-0.25, -0.2) is 8.42 Å². The van der Waals surface area contributed by atoms with Gasteiger partial charge in [-0.1, -0.05) is 19.9 Å². The fraction of sp³-hybridized carbons (Fsp3) is 0.529. The van der Waals surface area contributed by atoms with Gasteiger partial charge in [0.15, 0.2) is 0 Å². The summed E-state index contributed by atoms with van der Waals surface area (Å²) in [5, 5.41) is 11.4. The normalized spacial score (nSPS) is 16.8. The van der Waals surface area contributed by atoms with Crippen molar-refractivity contribution < 1.29 is 27.9 Å². The molecule has 0 bridgehead atoms. The Labute approximate surface area is 153 Å². The van der Waals surface area contributed by atoms with Crippen LogP contribution in [0.5, 0.6) is 0 Å². The van der Waals surface area contributed by atoms with E-state index in [0.29, 0.717) is 25.2 Å². The van der Waals surface area contributed by atoms with Crippen LogP contribution in [0.15, 0.2) is 23.1 Å². The summed E-state index contributed by atoms with van der Waals surface area (Å²) in [6.45, 7) is 4.53. The number of hydrogen-bond acceptors (Lipinski definition) is 5. The predicted octanol–water partition coefficient (Wildman–Crippen LogP) is 0.720. The number of aryl methyl sites for hydroxylation is 1. The van der Waals surface area contributed by atoms with Gasteiger partial charge in [-0.15, -0.1) is 0 Å². The molecule has 1 saturated heterocycles. The molecule has 0 radical (unpaired) electrons. The van der Waals surface area contributed by atoms with Crippen LogP contribution in [-0.4, -0.2) is 62.6 Å². The third kappa shape index (κ3) is 4.60. The molecule has 1 aliphatic rings. The highest BCUT2D eigenvalue weighted by atomic mass is 32.2. The Hall–Kier alpha value is -1.97. The zero-order valence-corrected chi connectivity index (χ0v) is 15.7. The van der Waals surface area contributed by atoms with E-state index in [1.54, 1.807) is 12.1 Å². The number of carbonyl (C=O) groups excluding carboxylic acids is 1. The van der Waals surface area contributed by atoms with E-state index in [2.05, 4.69) is 5.32 Å². The lowest BCUT2D eigenvalue weighted by atomic mass is 10.1. The van der Waals surface area contributed by atoms with Crippen LogP contribution in [0.4, 0.5) is 0 Å². The number of carbonyl (C=O) groups is 2. The minimum atomic E-state index is -3.73. The number of ether oxygens (including phenoxy) is 1. The topological polar surface area (TPSA) is 113 Å². The molecule has 2 N–H and O–H groups in total. The van der Waals surface area contributed by atoms with E-state index >= 15 is 0 Å². The molecule has 1 amide bonds. The average Bonchev–Trinajstić information content (AvgIpc) is 2.65. The van der Waals surface area contributed by atoms with E-state index in [9.17, 15) is 18.0 Å². The summed E-state index contributed by atoms with van der Waals surface area (Å²) in [6, 6.07) is 4.55. The van der Waals surface area contributed by atoms with Crippen LogP contribution >= 0.6 is 0 Å². The summed E-state index contributed by atoms with van der Waals surface area (Å²) >= 11 is 0. The molecule has 0 spiro atoms. The second-order valence-corrected chi connectivity index (χ2v) is 8.05. The monoisotopic (exact) mass is 384 g/mol. The van der Waals surface area contributed by atoms with Crippen molar-refractivity contribution in [1.82, 2.24) is 9.62 Å². The molecule has 1 heterocycles.